The van der Waals surface area contributed by atoms with E-state index in [-0.39, 0.29) is 6.10 Å². The van der Waals surface area contributed by atoms with Crippen LogP contribution in [0.25, 0.3) is 0 Å². The number of ether oxygens (including phenoxy) is 2. The molecular formula is C15H23NO2. The van der Waals surface area contributed by atoms with Crippen molar-refractivity contribution >= 4 is 0 Å². The highest BCUT2D eigenvalue weighted by atomic mass is 16.5. The minimum Gasteiger partial charge on any atom is -0.488 e. The lowest BCUT2D eigenvalue weighted by Gasteiger charge is -2.14. The summed E-state index contributed by atoms with van der Waals surface area (Å²) in [5.41, 5.74) is 1.35. The van der Waals surface area contributed by atoms with Crippen LogP contribution >= 0.6 is 0 Å². The van der Waals surface area contributed by atoms with E-state index < -0.39 is 0 Å². The molecule has 1 aromatic carbocycles. The summed E-state index contributed by atoms with van der Waals surface area (Å²) < 4.78 is 11.1. The van der Waals surface area contributed by atoms with E-state index in [1.54, 1.807) is 0 Å². The van der Waals surface area contributed by atoms with Gasteiger partial charge in [-0.05, 0) is 37.6 Å². The summed E-state index contributed by atoms with van der Waals surface area (Å²) in [6.07, 6.45) is 2.29. The number of rotatable bonds is 6. The van der Waals surface area contributed by atoms with Gasteiger partial charge in [0.1, 0.15) is 11.9 Å². The Hall–Kier alpha value is -1.06. The Morgan fingerprint density at radius 3 is 2.78 bits per heavy atom. The maximum atomic E-state index is 5.84. The molecule has 1 aliphatic heterocycles. The summed E-state index contributed by atoms with van der Waals surface area (Å²) >= 11 is 0. The molecule has 18 heavy (non-hydrogen) atoms. The van der Waals surface area contributed by atoms with Gasteiger partial charge >= 0.3 is 0 Å². The SMILES string of the molecule is CCNC(C)Cc1ccc(OC2CCOC2)cc1. The zero-order chi connectivity index (χ0) is 12.8. The molecule has 0 amide bonds. The molecule has 0 saturated carbocycles. The molecule has 0 bridgehead atoms. The van der Waals surface area contributed by atoms with Gasteiger partial charge in [0.25, 0.3) is 0 Å². The summed E-state index contributed by atoms with van der Waals surface area (Å²) in [6.45, 7) is 6.91. The van der Waals surface area contributed by atoms with E-state index in [2.05, 4.69) is 43.4 Å². The maximum absolute atomic E-state index is 5.84. The van der Waals surface area contributed by atoms with Crippen molar-refractivity contribution in [1.82, 2.24) is 5.32 Å². The third kappa shape index (κ3) is 4.00. The van der Waals surface area contributed by atoms with Crippen molar-refractivity contribution in [2.75, 3.05) is 19.8 Å². The second kappa shape index (κ2) is 6.76. The quantitative estimate of drug-likeness (QED) is 0.839. The van der Waals surface area contributed by atoms with Crippen molar-refractivity contribution in [2.24, 2.45) is 0 Å². The molecule has 100 valence electrons. The Morgan fingerprint density at radius 2 is 2.17 bits per heavy atom. The highest BCUT2D eigenvalue weighted by Crippen LogP contribution is 2.18. The van der Waals surface area contributed by atoms with Crippen LogP contribution < -0.4 is 10.1 Å². The number of benzene rings is 1. The second-order valence-electron chi connectivity index (χ2n) is 4.91. The monoisotopic (exact) mass is 249 g/mol. The van der Waals surface area contributed by atoms with Crippen molar-refractivity contribution in [2.45, 2.75) is 38.8 Å². The van der Waals surface area contributed by atoms with Crippen LogP contribution in [0.15, 0.2) is 24.3 Å². The Kier molecular flexibility index (Phi) is 5.02. The van der Waals surface area contributed by atoms with E-state index in [4.69, 9.17) is 9.47 Å². The normalized spacial score (nSPS) is 20.9. The zero-order valence-electron chi connectivity index (χ0n) is 11.3. The molecule has 2 rings (SSSR count). The maximum Gasteiger partial charge on any atom is 0.124 e. The number of likely N-dealkylation sites (N-methyl/N-ethyl adjacent to an activating group) is 1. The van der Waals surface area contributed by atoms with Crippen LogP contribution in [-0.2, 0) is 11.2 Å². The molecule has 1 fully saturated rings. The van der Waals surface area contributed by atoms with E-state index in [0.717, 1.165) is 38.3 Å². The van der Waals surface area contributed by atoms with E-state index >= 15 is 0 Å². The second-order valence-corrected chi connectivity index (χ2v) is 4.91. The fourth-order valence-corrected chi connectivity index (χ4v) is 2.28. The Bertz CT molecular complexity index is 344. The van der Waals surface area contributed by atoms with Crippen molar-refractivity contribution in [3.8, 4) is 5.75 Å². The van der Waals surface area contributed by atoms with Crippen LogP contribution in [0.5, 0.6) is 5.75 Å². The molecule has 0 spiro atoms. The summed E-state index contributed by atoms with van der Waals surface area (Å²) in [5, 5.41) is 3.42. The van der Waals surface area contributed by atoms with Crippen molar-refractivity contribution in [3.05, 3.63) is 29.8 Å². The lowest BCUT2D eigenvalue weighted by atomic mass is 10.1. The Morgan fingerprint density at radius 1 is 1.39 bits per heavy atom. The van der Waals surface area contributed by atoms with Gasteiger partial charge in [-0.1, -0.05) is 19.1 Å². The molecule has 2 unspecified atom stereocenters. The van der Waals surface area contributed by atoms with Crippen LogP contribution in [0.3, 0.4) is 0 Å². The van der Waals surface area contributed by atoms with Gasteiger partial charge in [-0.25, -0.2) is 0 Å². The molecule has 3 heteroatoms. The summed E-state index contributed by atoms with van der Waals surface area (Å²) in [5.74, 6) is 0.949. The molecule has 1 N–H and O–H groups in total. The summed E-state index contributed by atoms with van der Waals surface area (Å²) in [7, 11) is 0. The summed E-state index contributed by atoms with van der Waals surface area (Å²) in [6, 6.07) is 8.95. The highest BCUT2D eigenvalue weighted by Gasteiger charge is 2.16. The average molecular weight is 249 g/mol. The van der Waals surface area contributed by atoms with Gasteiger partial charge in [-0.3, -0.25) is 0 Å². The molecule has 0 aromatic heterocycles. The lowest BCUT2D eigenvalue weighted by Crippen LogP contribution is -2.27. The molecule has 2 atom stereocenters. The largest absolute Gasteiger partial charge is 0.488 e. The molecule has 1 aromatic rings. The van der Waals surface area contributed by atoms with Gasteiger partial charge in [-0.2, -0.15) is 0 Å². The van der Waals surface area contributed by atoms with Crippen LogP contribution in [0.2, 0.25) is 0 Å². The first-order valence-electron chi connectivity index (χ1n) is 6.84. The van der Waals surface area contributed by atoms with Crippen LogP contribution in [0.1, 0.15) is 25.8 Å². The van der Waals surface area contributed by atoms with Gasteiger partial charge in [0.2, 0.25) is 0 Å². The fourth-order valence-electron chi connectivity index (χ4n) is 2.28. The standard InChI is InChI=1S/C15H23NO2/c1-3-16-12(2)10-13-4-6-14(7-5-13)18-15-8-9-17-11-15/h4-7,12,15-16H,3,8-11H2,1-2H3. The number of hydrogen-bond acceptors (Lipinski definition) is 3. The predicted octanol–water partition coefficient (Wildman–Crippen LogP) is 2.39. The summed E-state index contributed by atoms with van der Waals surface area (Å²) in [4.78, 5) is 0. The van der Waals surface area contributed by atoms with Crippen LogP contribution in [-0.4, -0.2) is 31.9 Å². The van der Waals surface area contributed by atoms with E-state index in [0.29, 0.717) is 6.04 Å². The van der Waals surface area contributed by atoms with Gasteiger partial charge < -0.3 is 14.8 Å². The molecule has 3 nitrogen and oxygen atoms in total. The van der Waals surface area contributed by atoms with E-state index in [9.17, 15) is 0 Å². The Labute approximate surface area is 109 Å². The fraction of sp³-hybridized carbons (Fsp3) is 0.600. The number of nitrogens with one attached hydrogen (secondary N) is 1. The molecular weight excluding hydrogens is 226 g/mol. The van der Waals surface area contributed by atoms with Crippen LogP contribution in [0.4, 0.5) is 0 Å². The molecule has 0 radical (unpaired) electrons. The average Bonchev–Trinajstić information content (AvgIpc) is 2.85. The number of hydrogen-bond donors (Lipinski definition) is 1. The van der Waals surface area contributed by atoms with Crippen molar-refractivity contribution < 1.29 is 9.47 Å². The molecule has 1 saturated heterocycles. The first-order chi connectivity index (χ1) is 8.78. The third-order valence-electron chi connectivity index (χ3n) is 3.21. The van der Waals surface area contributed by atoms with Crippen molar-refractivity contribution in [3.63, 3.8) is 0 Å². The van der Waals surface area contributed by atoms with Gasteiger partial charge in [-0.15, -0.1) is 0 Å². The minimum atomic E-state index is 0.233. The van der Waals surface area contributed by atoms with Gasteiger partial charge in [0, 0.05) is 12.5 Å². The Balaban J connectivity index is 1.84. The topological polar surface area (TPSA) is 30.5 Å². The third-order valence-corrected chi connectivity index (χ3v) is 3.21. The van der Waals surface area contributed by atoms with Crippen molar-refractivity contribution in [1.29, 1.82) is 0 Å². The first-order valence-corrected chi connectivity index (χ1v) is 6.84. The molecule has 1 aliphatic rings. The molecule has 1 heterocycles. The predicted molar refractivity (Wildman–Crippen MR) is 73.1 cm³/mol. The van der Waals surface area contributed by atoms with Gasteiger partial charge in [0.15, 0.2) is 0 Å². The smallest absolute Gasteiger partial charge is 0.124 e. The molecule has 0 aliphatic carbocycles. The highest BCUT2D eigenvalue weighted by molar-refractivity contribution is 5.28. The minimum absolute atomic E-state index is 0.233. The van der Waals surface area contributed by atoms with E-state index in [1.165, 1.54) is 5.56 Å². The zero-order valence-corrected chi connectivity index (χ0v) is 11.3. The van der Waals surface area contributed by atoms with Gasteiger partial charge in [0.05, 0.1) is 13.2 Å². The first kappa shape index (κ1) is 13.4. The lowest BCUT2D eigenvalue weighted by molar-refractivity contribution is 0.141. The van der Waals surface area contributed by atoms with Crippen LogP contribution in [0, 0.1) is 0 Å². The van der Waals surface area contributed by atoms with E-state index in [1.807, 2.05) is 0 Å².